The van der Waals surface area contributed by atoms with Crippen LogP contribution in [0.5, 0.6) is 0 Å². The minimum atomic E-state index is -0.938. The van der Waals surface area contributed by atoms with Gasteiger partial charge in [-0.05, 0) is 53.6 Å². The van der Waals surface area contributed by atoms with Crippen LogP contribution in [0.1, 0.15) is 47.0 Å². The van der Waals surface area contributed by atoms with Crippen LogP contribution in [-0.4, -0.2) is 48.9 Å². The third-order valence-electron chi connectivity index (χ3n) is 3.50. The fourth-order valence-corrected chi connectivity index (χ4v) is 2.37. The van der Waals surface area contributed by atoms with Gasteiger partial charge in [0.2, 0.25) is 0 Å². The SMILES string of the molecule is CC(F)C(CNC(=O)OC(C)(C)C)CN1CCCCC1. The van der Waals surface area contributed by atoms with Gasteiger partial charge >= 0.3 is 6.09 Å². The first kappa shape index (κ1) is 17.2. The molecule has 118 valence electrons. The van der Waals surface area contributed by atoms with E-state index in [2.05, 4.69) is 10.2 Å². The van der Waals surface area contributed by atoms with E-state index in [4.69, 9.17) is 4.74 Å². The summed E-state index contributed by atoms with van der Waals surface area (Å²) in [6.45, 7) is 10.1. The molecular weight excluding hydrogens is 259 g/mol. The van der Waals surface area contributed by atoms with Crippen LogP contribution in [0.2, 0.25) is 0 Å². The minimum Gasteiger partial charge on any atom is -0.444 e. The summed E-state index contributed by atoms with van der Waals surface area (Å²) in [4.78, 5) is 13.9. The lowest BCUT2D eigenvalue weighted by Crippen LogP contribution is -2.43. The molecule has 20 heavy (non-hydrogen) atoms. The summed E-state index contributed by atoms with van der Waals surface area (Å²) in [5.41, 5.74) is -0.520. The molecule has 1 N–H and O–H groups in total. The van der Waals surface area contributed by atoms with Crippen molar-refractivity contribution < 1.29 is 13.9 Å². The number of nitrogens with zero attached hydrogens (tertiary/aromatic N) is 1. The maximum atomic E-state index is 13.7. The molecule has 4 nitrogen and oxygen atoms in total. The van der Waals surface area contributed by atoms with Crippen molar-refractivity contribution in [2.45, 2.75) is 58.7 Å². The number of alkyl carbamates (subject to hydrolysis) is 1. The highest BCUT2D eigenvalue weighted by molar-refractivity contribution is 5.67. The lowest BCUT2D eigenvalue weighted by Gasteiger charge is -2.31. The van der Waals surface area contributed by atoms with Crippen LogP contribution < -0.4 is 5.32 Å². The van der Waals surface area contributed by atoms with Crippen molar-refractivity contribution >= 4 is 6.09 Å². The van der Waals surface area contributed by atoms with E-state index in [1.807, 2.05) is 20.8 Å². The van der Waals surface area contributed by atoms with Gasteiger partial charge in [-0.25, -0.2) is 9.18 Å². The second-order valence-corrected chi connectivity index (χ2v) is 6.68. The Bertz CT molecular complexity index is 297. The van der Waals surface area contributed by atoms with E-state index >= 15 is 0 Å². The Morgan fingerprint density at radius 3 is 2.40 bits per heavy atom. The molecule has 0 aromatic heterocycles. The second kappa shape index (κ2) is 7.81. The summed E-state index contributed by atoms with van der Waals surface area (Å²) in [5, 5.41) is 2.68. The second-order valence-electron chi connectivity index (χ2n) is 6.68. The molecular formula is C15H29FN2O2. The van der Waals surface area contributed by atoms with Crippen LogP contribution in [0, 0.1) is 5.92 Å². The standard InChI is InChI=1S/C15H29FN2O2/c1-12(16)13(11-18-8-6-5-7-9-18)10-17-14(19)20-15(2,3)4/h12-13H,5-11H2,1-4H3,(H,17,19). The lowest BCUT2D eigenvalue weighted by atomic mass is 10.0. The largest absolute Gasteiger partial charge is 0.444 e. The molecule has 0 aliphatic carbocycles. The molecule has 0 aromatic rings. The molecule has 0 bridgehead atoms. The Labute approximate surface area is 122 Å². The summed E-state index contributed by atoms with van der Waals surface area (Å²) in [6, 6.07) is 0. The summed E-state index contributed by atoms with van der Waals surface area (Å²) in [5.74, 6) is -0.180. The predicted molar refractivity (Wildman–Crippen MR) is 78.6 cm³/mol. The van der Waals surface area contributed by atoms with Crippen LogP contribution in [-0.2, 0) is 4.74 Å². The minimum absolute atomic E-state index is 0.180. The topological polar surface area (TPSA) is 41.6 Å². The van der Waals surface area contributed by atoms with Gasteiger partial charge in [-0.1, -0.05) is 6.42 Å². The van der Waals surface area contributed by atoms with Gasteiger partial charge in [0.05, 0.1) is 0 Å². The zero-order valence-electron chi connectivity index (χ0n) is 13.2. The first-order chi connectivity index (χ1) is 9.28. The number of likely N-dealkylation sites (tertiary alicyclic amines) is 1. The molecule has 1 aliphatic heterocycles. The number of nitrogens with one attached hydrogen (secondary N) is 1. The monoisotopic (exact) mass is 288 g/mol. The molecule has 1 saturated heterocycles. The molecule has 5 heteroatoms. The number of amides is 1. The van der Waals surface area contributed by atoms with E-state index in [1.165, 1.54) is 19.3 Å². The lowest BCUT2D eigenvalue weighted by molar-refractivity contribution is 0.0500. The Morgan fingerprint density at radius 2 is 1.90 bits per heavy atom. The predicted octanol–water partition coefficient (Wildman–Crippen LogP) is 2.97. The van der Waals surface area contributed by atoms with Crippen molar-refractivity contribution in [3.8, 4) is 0 Å². The van der Waals surface area contributed by atoms with Gasteiger partial charge in [0.25, 0.3) is 0 Å². The van der Waals surface area contributed by atoms with Crippen molar-refractivity contribution in [1.29, 1.82) is 0 Å². The Balaban J connectivity index is 2.36. The average Bonchev–Trinajstić information content (AvgIpc) is 2.33. The molecule has 1 heterocycles. The Morgan fingerprint density at radius 1 is 1.30 bits per heavy atom. The van der Waals surface area contributed by atoms with Gasteiger partial charge in [0, 0.05) is 19.0 Å². The van der Waals surface area contributed by atoms with Crippen LogP contribution in [0.3, 0.4) is 0 Å². The molecule has 0 spiro atoms. The van der Waals surface area contributed by atoms with E-state index in [0.29, 0.717) is 13.1 Å². The van der Waals surface area contributed by atoms with Crippen molar-refractivity contribution in [2.24, 2.45) is 5.92 Å². The highest BCUT2D eigenvalue weighted by atomic mass is 19.1. The van der Waals surface area contributed by atoms with E-state index in [9.17, 15) is 9.18 Å². The zero-order valence-corrected chi connectivity index (χ0v) is 13.2. The van der Waals surface area contributed by atoms with Crippen LogP contribution in [0.15, 0.2) is 0 Å². The van der Waals surface area contributed by atoms with Crippen LogP contribution in [0.25, 0.3) is 0 Å². The Hall–Kier alpha value is -0.840. The summed E-state index contributed by atoms with van der Waals surface area (Å²) in [6.07, 6.45) is 2.23. The molecule has 1 rings (SSSR count). The number of alkyl halides is 1. The quantitative estimate of drug-likeness (QED) is 0.845. The van der Waals surface area contributed by atoms with Gasteiger partial charge in [-0.15, -0.1) is 0 Å². The van der Waals surface area contributed by atoms with Crippen molar-refractivity contribution in [1.82, 2.24) is 10.2 Å². The van der Waals surface area contributed by atoms with E-state index in [0.717, 1.165) is 13.1 Å². The van der Waals surface area contributed by atoms with Gasteiger partial charge in [0.1, 0.15) is 11.8 Å². The number of carbonyl (C=O) groups excluding carboxylic acids is 1. The van der Waals surface area contributed by atoms with Crippen LogP contribution in [0.4, 0.5) is 9.18 Å². The van der Waals surface area contributed by atoms with Crippen molar-refractivity contribution in [3.05, 3.63) is 0 Å². The maximum absolute atomic E-state index is 13.7. The third-order valence-corrected chi connectivity index (χ3v) is 3.50. The number of hydrogen-bond donors (Lipinski definition) is 1. The number of rotatable bonds is 5. The highest BCUT2D eigenvalue weighted by Gasteiger charge is 2.23. The number of carbonyl (C=O) groups is 1. The maximum Gasteiger partial charge on any atom is 0.407 e. The first-order valence-electron chi connectivity index (χ1n) is 7.61. The Kier molecular flexibility index (Phi) is 6.72. The molecule has 0 saturated carbocycles. The molecule has 0 radical (unpaired) electrons. The first-order valence-corrected chi connectivity index (χ1v) is 7.61. The normalized spacial score (nSPS) is 20.2. The number of ether oxygens (including phenoxy) is 1. The molecule has 1 aliphatic rings. The highest BCUT2D eigenvalue weighted by Crippen LogP contribution is 2.15. The smallest absolute Gasteiger partial charge is 0.407 e. The molecule has 1 fully saturated rings. The van der Waals surface area contributed by atoms with Gasteiger partial charge < -0.3 is 15.0 Å². The number of halogens is 1. The molecule has 0 aromatic carbocycles. The van der Waals surface area contributed by atoms with E-state index < -0.39 is 17.9 Å². The average molecular weight is 288 g/mol. The molecule has 1 amide bonds. The number of hydrogen-bond acceptors (Lipinski definition) is 3. The number of piperidine rings is 1. The van der Waals surface area contributed by atoms with Gasteiger partial charge in [0.15, 0.2) is 0 Å². The van der Waals surface area contributed by atoms with E-state index in [1.54, 1.807) is 6.92 Å². The fourth-order valence-electron chi connectivity index (χ4n) is 2.37. The zero-order chi connectivity index (χ0) is 15.2. The van der Waals surface area contributed by atoms with Crippen molar-refractivity contribution in [2.75, 3.05) is 26.2 Å². The summed E-state index contributed by atoms with van der Waals surface area (Å²) in [7, 11) is 0. The summed E-state index contributed by atoms with van der Waals surface area (Å²) < 4.78 is 18.9. The molecule has 2 atom stereocenters. The van der Waals surface area contributed by atoms with Gasteiger partial charge in [-0.3, -0.25) is 0 Å². The molecule has 2 unspecified atom stereocenters. The van der Waals surface area contributed by atoms with Gasteiger partial charge in [-0.2, -0.15) is 0 Å². The van der Waals surface area contributed by atoms with E-state index in [-0.39, 0.29) is 5.92 Å². The fraction of sp³-hybridized carbons (Fsp3) is 0.933. The van der Waals surface area contributed by atoms with Crippen LogP contribution >= 0.6 is 0 Å². The third kappa shape index (κ3) is 7.08. The summed E-state index contributed by atoms with van der Waals surface area (Å²) >= 11 is 0. The van der Waals surface area contributed by atoms with Crippen molar-refractivity contribution in [3.63, 3.8) is 0 Å².